The van der Waals surface area contributed by atoms with E-state index in [1.807, 2.05) is 98.8 Å². The maximum atomic E-state index is 13.9. The molecule has 176 valence electrons. The fourth-order valence-corrected chi connectivity index (χ4v) is 6.88. The number of carbonyl (C=O) groups excluding carboxylic acids is 1. The molecule has 0 spiro atoms. The molecule has 0 N–H and O–H groups in total. The maximum Gasteiger partial charge on any atom is 0.243 e. The van der Waals surface area contributed by atoms with Crippen molar-refractivity contribution in [3.8, 4) is 0 Å². The zero-order valence-corrected chi connectivity index (χ0v) is 21.0. The molecule has 1 aliphatic heterocycles. The number of aryl methyl sites for hydroxylation is 1. The molecule has 34 heavy (non-hydrogen) atoms. The van der Waals surface area contributed by atoms with E-state index in [0.29, 0.717) is 5.75 Å². The summed E-state index contributed by atoms with van der Waals surface area (Å²) in [4.78, 5) is 13.5. The van der Waals surface area contributed by atoms with Crippen molar-refractivity contribution in [2.45, 2.75) is 24.8 Å². The molecule has 1 saturated heterocycles. The van der Waals surface area contributed by atoms with Gasteiger partial charge in [0.05, 0.1) is 16.9 Å². The molecule has 3 aromatic rings. The minimum absolute atomic E-state index is 0.0350. The Morgan fingerprint density at radius 1 is 0.971 bits per heavy atom. The van der Waals surface area contributed by atoms with Gasteiger partial charge in [0.2, 0.25) is 10.0 Å². The van der Waals surface area contributed by atoms with Gasteiger partial charge in [0.1, 0.15) is 0 Å². The lowest BCUT2D eigenvalue weighted by molar-refractivity contribution is -0.114. The minimum Gasteiger partial charge on any atom is -0.287 e. The number of carbonyl (C=O) groups is 1. The van der Waals surface area contributed by atoms with Crippen molar-refractivity contribution >= 4 is 33.0 Å². The minimum atomic E-state index is -3.81. The molecule has 0 unspecified atom stereocenters. The van der Waals surface area contributed by atoms with Crippen molar-refractivity contribution < 1.29 is 13.2 Å². The number of benzene rings is 3. The summed E-state index contributed by atoms with van der Waals surface area (Å²) < 4.78 is 29.3. The van der Waals surface area contributed by atoms with Crippen LogP contribution in [0.4, 0.5) is 0 Å². The predicted molar refractivity (Wildman–Crippen MR) is 140 cm³/mol. The van der Waals surface area contributed by atoms with Gasteiger partial charge in [-0.1, -0.05) is 109 Å². The number of nitrogens with zero attached hydrogens (tertiary/aromatic N) is 1. The van der Waals surface area contributed by atoms with Gasteiger partial charge in [-0.25, -0.2) is 8.42 Å². The summed E-state index contributed by atoms with van der Waals surface area (Å²) in [6.07, 6.45) is 4.02. The molecule has 0 aliphatic carbocycles. The number of thioether (sulfide) groups is 1. The van der Waals surface area contributed by atoms with Crippen molar-refractivity contribution in [1.82, 2.24) is 4.31 Å². The number of hydrogen-bond donors (Lipinski definition) is 0. The average Bonchev–Trinajstić information content (AvgIpc) is 3.25. The first kappa shape index (κ1) is 24.5. The van der Waals surface area contributed by atoms with E-state index in [-0.39, 0.29) is 22.5 Å². The highest BCUT2D eigenvalue weighted by Crippen LogP contribution is 2.46. The molecule has 0 aromatic heterocycles. The first-order valence-electron chi connectivity index (χ1n) is 11.4. The Kier molecular flexibility index (Phi) is 7.71. The topological polar surface area (TPSA) is 54.5 Å². The van der Waals surface area contributed by atoms with Crippen molar-refractivity contribution in [1.29, 1.82) is 0 Å². The molecule has 3 aromatic carbocycles. The van der Waals surface area contributed by atoms with Crippen LogP contribution in [0.2, 0.25) is 0 Å². The highest BCUT2D eigenvalue weighted by Gasteiger charge is 2.49. The van der Waals surface area contributed by atoms with E-state index in [4.69, 9.17) is 0 Å². The molecular formula is C28H29NO3S2. The van der Waals surface area contributed by atoms with E-state index in [2.05, 4.69) is 0 Å². The van der Waals surface area contributed by atoms with Crippen molar-refractivity contribution in [2.75, 3.05) is 12.3 Å². The second-order valence-corrected chi connectivity index (χ2v) is 11.6. The number of sulfonamides is 1. The van der Waals surface area contributed by atoms with Crippen LogP contribution in [0.3, 0.4) is 0 Å². The second-order valence-electron chi connectivity index (χ2n) is 8.45. The Hall–Kier alpha value is -2.67. The molecule has 0 radical (unpaired) electrons. The molecule has 0 amide bonds. The Morgan fingerprint density at radius 2 is 1.59 bits per heavy atom. The number of rotatable bonds is 7. The van der Waals surface area contributed by atoms with Crippen LogP contribution in [0, 0.1) is 18.8 Å². The zero-order valence-electron chi connectivity index (χ0n) is 19.4. The summed E-state index contributed by atoms with van der Waals surface area (Å²) in [7, 11) is -3.81. The van der Waals surface area contributed by atoms with Gasteiger partial charge in [-0.05, 0) is 35.9 Å². The summed E-state index contributed by atoms with van der Waals surface area (Å²) in [6.45, 7) is 4.04. The highest BCUT2D eigenvalue weighted by atomic mass is 32.2. The molecule has 6 heteroatoms. The summed E-state index contributed by atoms with van der Waals surface area (Å²) in [5.74, 6) is -0.0599. The van der Waals surface area contributed by atoms with Crippen LogP contribution in [-0.4, -0.2) is 30.1 Å². The van der Waals surface area contributed by atoms with E-state index < -0.39 is 22.0 Å². The summed E-state index contributed by atoms with van der Waals surface area (Å²) in [6, 6.07) is 26.0. The number of hydrogen-bond acceptors (Lipinski definition) is 4. The van der Waals surface area contributed by atoms with Crippen LogP contribution >= 0.6 is 11.8 Å². The van der Waals surface area contributed by atoms with Crippen LogP contribution in [0.5, 0.6) is 0 Å². The normalized spacial score (nSPS) is 21.2. The first-order valence-corrected chi connectivity index (χ1v) is 13.9. The Labute approximate surface area is 206 Å². The SMILES string of the molecule is CCSC(=O)[C@H]1CN(S(=O)(=O)c2ccc(C)cc2)[C@H](c2ccccc2)[C@H]1/C=C/c1ccccc1. The first-order chi connectivity index (χ1) is 16.4. The second kappa shape index (κ2) is 10.7. The zero-order chi connectivity index (χ0) is 24.1. The van der Waals surface area contributed by atoms with Crippen LogP contribution < -0.4 is 0 Å². The highest BCUT2D eigenvalue weighted by molar-refractivity contribution is 8.13. The van der Waals surface area contributed by atoms with E-state index in [9.17, 15) is 13.2 Å². The van der Waals surface area contributed by atoms with Crippen LogP contribution in [0.15, 0.2) is 95.9 Å². The molecule has 0 bridgehead atoms. The van der Waals surface area contributed by atoms with Gasteiger partial charge in [0.15, 0.2) is 5.12 Å². The van der Waals surface area contributed by atoms with Gasteiger partial charge in [-0.2, -0.15) is 4.31 Å². The largest absolute Gasteiger partial charge is 0.287 e. The van der Waals surface area contributed by atoms with Crippen LogP contribution in [0.1, 0.15) is 29.7 Å². The average molecular weight is 492 g/mol. The molecule has 1 fully saturated rings. The van der Waals surface area contributed by atoms with E-state index in [1.165, 1.54) is 16.1 Å². The van der Waals surface area contributed by atoms with Crippen LogP contribution in [0.25, 0.3) is 6.08 Å². The van der Waals surface area contributed by atoms with Gasteiger partial charge < -0.3 is 0 Å². The van der Waals surface area contributed by atoms with Gasteiger partial charge in [-0.3, -0.25) is 4.79 Å². The quantitative estimate of drug-likeness (QED) is 0.409. The maximum absolute atomic E-state index is 13.9. The third-order valence-electron chi connectivity index (χ3n) is 6.18. The van der Waals surface area contributed by atoms with Crippen molar-refractivity contribution in [2.24, 2.45) is 11.8 Å². The fourth-order valence-electron chi connectivity index (χ4n) is 4.48. The molecule has 3 atom stereocenters. The summed E-state index contributed by atoms with van der Waals surface area (Å²) in [5.41, 5.74) is 2.90. The fraction of sp³-hybridized carbons (Fsp3) is 0.250. The van der Waals surface area contributed by atoms with Crippen molar-refractivity contribution in [3.05, 3.63) is 108 Å². The smallest absolute Gasteiger partial charge is 0.243 e. The lowest BCUT2D eigenvalue weighted by Crippen LogP contribution is -2.32. The summed E-state index contributed by atoms with van der Waals surface area (Å²) in [5, 5.41) is 0.0350. The third-order valence-corrected chi connectivity index (χ3v) is 8.92. The lowest BCUT2D eigenvalue weighted by atomic mass is 9.87. The monoisotopic (exact) mass is 491 g/mol. The van der Waals surface area contributed by atoms with Gasteiger partial charge in [0.25, 0.3) is 0 Å². The molecule has 0 saturated carbocycles. The van der Waals surface area contributed by atoms with Crippen molar-refractivity contribution in [3.63, 3.8) is 0 Å². The Morgan fingerprint density at radius 3 is 2.21 bits per heavy atom. The standard InChI is InChI=1S/C28H29NO3S2/c1-3-33-28(30)26-20-29(34(31,32)24-17-14-21(2)15-18-24)27(23-12-8-5-9-13-23)25(26)19-16-22-10-6-4-7-11-22/h4-19,25-27H,3,20H2,1-2H3/b19-16+/t25-,26-,27+/m0/s1. The molecule has 4 rings (SSSR count). The van der Waals surface area contributed by atoms with Gasteiger partial charge in [0, 0.05) is 12.5 Å². The Balaban J connectivity index is 1.82. The molecule has 4 nitrogen and oxygen atoms in total. The third kappa shape index (κ3) is 5.19. The van der Waals surface area contributed by atoms with Gasteiger partial charge >= 0.3 is 0 Å². The summed E-state index contributed by atoms with van der Waals surface area (Å²) >= 11 is 1.27. The van der Waals surface area contributed by atoms with Crippen LogP contribution in [-0.2, 0) is 14.8 Å². The lowest BCUT2D eigenvalue weighted by Gasteiger charge is -2.27. The van der Waals surface area contributed by atoms with E-state index >= 15 is 0 Å². The predicted octanol–water partition coefficient (Wildman–Crippen LogP) is 5.97. The molecular weight excluding hydrogens is 462 g/mol. The molecule has 1 heterocycles. The molecule has 1 aliphatic rings. The van der Waals surface area contributed by atoms with Gasteiger partial charge in [-0.15, -0.1) is 0 Å². The Bertz CT molecular complexity index is 1240. The van der Waals surface area contributed by atoms with E-state index in [0.717, 1.165) is 16.7 Å². The van der Waals surface area contributed by atoms with E-state index in [1.54, 1.807) is 12.1 Å².